The van der Waals surface area contributed by atoms with E-state index in [-0.39, 0.29) is 22.4 Å². The Labute approximate surface area is 114 Å². The summed E-state index contributed by atoms with van der Waals surface area (Å²) in [6.45, 7) is 3.76. The van der Waals surface area contributed by atoms with Crippen LogP contribution in [0.1, 0.15) is 19.4 Å². The highest BCUT2D eigenvalue weighted by atomic mass is 79.9. The summed E-state index contributed by atoms with van der Waals surface area (Å²) in [6, 6.07) is 2.48. The highest BCUT2D eigenvalue weighted by Crippen LogP contribution is 2.24. The quantitative estimate of drug-likeness (QED) is 0.843. The van der Waals surface area contributed by atoms with Crippen LogP contribution in [0.5, 0.6) is 0 Å². The largest absolute Gasteiger partial charge is 0.390 e. The minimum Gasteiger partial charge on any atom is -0.390 e. The Bertz CT molecular complexity index is 410. The van der Waals surface area contributed by atoms with Crippen LogP contribution in [0, 0.1) is 17.6 Å². The van der Waals surface area contributed by atoms with E-state index in [9.17, 15) is 13.9 Å². The highest BCUT2D eigenvalue weighted by Gasteiger charge is 2.25. The molecule has 0 heterocycles. The number of hydrogen-bond donors (Lipinski definition) is 1. The standard InChI is InChI=1S/C13H17BrF2O2/c1-7(2)13(18-3)11(17)6-8-10(15)5-4-9(14)12(8)16/h4-5,7,11,13,17H,6H2,1-3H3. The average Bonchev–Trinajstić information content (AvgIpc) is 2.30. The van der Waals surface area contributed by atoms with Crippen LogP contribution in [0.2, 0.25) is 0 Å². The van der Waals surface area contributed by atoms with Crippen molar-refractivity contribution in [2.24, 2.45) is 5.92 Å². The van der Waals surface area contributed by atoms with Gasteiger partial charge in [0.2, 0.25) is 0 Å². The number of benzene rings is 1. The van der Waals surface area contributed by atoms with E-state index >= 15 is 0 Å². The Morgan fingerprint density at radius 1 is 1.33 bits per heavy atom. The maximum Gasteiger partial charge on any atom is 0.143 e. The zero-order valence-corrected chi connectivity index (χ0v) is 12.2. The summed E-state index contributed by atoms with van der Waals surface area (Å²) in [4.78, 5) is 0. The van der Waals surface area contributed by atoms with Gasteiger partial charge in [-0.3, -0.25) is 0 Å². The lowest BCUT2D eigenvalue weighted by Crippen LogP contribution is -2.34. The van der Waals surface area contributed by atoms with Gasteiger partial charge in [0.05, 0.1) is 16.7 Å². The normalized spacial score (nSPS) is 14.9. The van der Waals surface area contributed by atoms with Gasteiger partial charge < -0.3 is 9.84 Å². The van der Waals surface area contributed by atoms with Gasteiger partial charge in [0.25, 0.3) is 0 Å². The fourth-order valence-corrected chi connectivity index (χ4v) is 2.33. The van der Waals surface area contributed by atoms with E-state index in [0.717, 1.165) is 0 Å². The molecule has 0 aliphatic carbocycles. The molecule has 2 unspecified atom stereocenters. The molecule has 0 bridgehead atoms. The highest BCUT2D eigenvalue weighted by molar-refractivity contribution is 9.10. The minimum absolute atomic E-state index is 0.0586. The molecule has 0 aromatic heterocycles. The fourth-order valence-electron chi connectivity index (χ4n) is 1.96. The second-order valence-corrected chi connectivity index (χ2v) is 5.39. The molecule has 0 aliphatic rings. The van der Waals surface area contributed by atoms with Crippen LogP contribution in [0.15, 0.2) is 16.6 Å². The van der Waals surface area contributed by atoms with Crippen molar-refractivity contribution >= 4 is 15.9 Å². The van der Waals surface area contributed by atoms with Crippen molar-refractivity contribution in [1.82, 2.24) is 0 Å². The van der Waals surface area contributed by atoms with Gasteiger partial charge in [-0.05, 0) is 34.0 Å². The van der Waals surface area contributed by atoms with Crippen LogP contribution in [0.3, 0.4) is 0 Å². The first-order valence-corrected chi connectivity index (χ1v) is 6.51. The molecule has 2 atom stereocenters. The second kappa shape index (κ2) is 6.59. The molecule has 1 rings (SSSR count). The van der Waals surface area contributed by atoms with Crippen molar-refractivity contribution in [2.45, 2.75) is 32.5 Å². The lowest BCUT2D eigenvalue weighted by atomic mass is 9.96. The molecule has 0 radical (unpaired) electrons. The van der Waals surface area contributed by atoms with E-state index < -0.39 is 23.8 Å². The van der Waals surface area contributed by atoms with Gasteiger partial charge in [0.1, 0.15) is 11.6 Å². The number of hydrogen-bond acceptors (Lipinski definition) is 2. The lowest BCUT2D eigenvalue weighted by Gasteiger charge is -2.25. The topological polar surface area (TPSA) is 29.5 Å². The third-order valence-corrected chi connectivity index (χ3v) is 3.47. The molecule has 0 amide bonds. The van der Waals surface area contributed by atoms with Crippen LogP contribution >= 0.6 is 15.9 Å². The Kier molecular flexibility index (Phi) is 5.69. The van der Waals surface area contributed by atoms with E-state index in [4.69, 9.17) is 4.74 Å². The van der Waals surface area contributed by atoms with Crippen LogP contribution in [-0.2, 0) is 11.2 Å². The summed E-state index contributed by atoms with van der Waals surface area (Å²) in [5.74, 6) is -1.27. The first-order valence-electron chi connectivity index (χ1n) is 5.71. The van der Waals surface area contributed by atoms with Gasteiger partial charge in [-0.25, -0.2) is 8.78 Å². The summed E-state index contributed by atoms with van der Waals surface area (Å²) in [7, 11) is 1.47. The van der Waals surface area contributed by atoms with E-state index in [1.54, 1.807) is 0 Å². The van der Waals surface area contributed by atoms with Crippen LogP contribution in [0.4, 0.5) is 8.78 Å². The third kappa shape index (κ3) is 3.49. The maximum absolute atomic E-state index is 13.8. The SMILES string of the molecule is COC(C(C)C)C(O)Cc1c(F)ccc(Br)c1F. The predicted molar refractivity (Wildman–Crippen MR) is 69.4 cm³/mol. The monoisotopic (exact) mass is 322 g/mol. The molecule has 1 aromatic rings. The fraction of sp³-hybridized carbons (Fsp3) is 0.538. The van der Waals surface area contributed by atoms with Crippen LogP contribution in [-0.4, -0.2) is 24.4 Å². The van der Waals surface area contributed by atoms with Crippen molar-refractivity contribution in [3.8, 4) is 0 Å². The average molecular weight is 323 g/mol. The molecular weight excluding hydrogens is 306 g/mol. The summed E-state index contributed by atoms with van der Waals surface area (Å²) < 4.78 is 32.6. The van der Waals surface area contributed by atoms with Gasteiger partial charge in [-0.1, -0.05) is 13.8 Å². The number of ether oxygens (including phenoxy) is 1. The molecule has 5 heteroatoms. The summed E-state index contributed by atoms with van der Waals surface area (Å²) in [6.07, 6.45) is -1.52. The van der Waals surface area contributed by atoms with Crippen molar-refractivity contribution in [2.75, 3.05) is 7.11 Å². The van der Waals surface area contributed by atoms with E-state index in [1.165, 1.54) is 19.2 Å². The molecule has 0 saturated heterocycles. The number of halogens is 3. The molecule has 102 valence electrons. The molecule has 0 spiro atoms. The maximum atomic E-state index is 13.8. The zero-order valence-electron chi connectivity index (χ0n) is 10.6. The van der Waals surface area contributed by atoms with E-state index in [2.05, 4.69) is 15.9 Å². The molecule has 1 N–H and O–H groups in total. The smallest absolute Gasteiger partial charge is 0.143 e. The molecule has 0 fully saturated rings. The first-order chi connectivity index (χ1) is 8.38. The third-order valence-electron chi connectivity index (χ3n) is 2.86. The summed E-state index contributed by atoms with van der Waals surface area (Å²) in [5, 5.41) is 10.00. The zero-order chi connectivity index (χ0) is 13.9. The number of methoxy groups -OCH3 is 1. The predicted octanol–water partition coefficient (Wildman–Crippen LogP) is 3.30. The van der Waals surface area contributed by atoms with Crippen molar-refractivity contribution in [1.29, 1.82) is 0 Å². The van der Waals surface area contributed by atoms with Gasteiger partial charge in [-0.15, -0.1) is 0 Å². The van der Waals surface area contributed by atoms with Crippen molar-refractivity contribution in [3.63, 3.8) is 0 Å². The Hall–Kier alpha value is -0.520. The first kappa shape index (κ1) is 15.5. The Morgan fingerprint density at radius 2 is 1.94 bits per heavy atom. The van der Waals surface area contributed by atoms with Gasteiger partial charge in [-0.2, -0.15) is 0 Å². The van der Waals surface area contributed by atoms with Crippen molar-refractivity contribution in [3.05, 3.63) is 33.8 Å². The van der Waals surface area contributed by atoms with E-state index in [1.807, 2.05) is 13.8 Å². The van der Waals surface area contributed by atoms with Gasteiger partial charge in [0.15, 0.2) is 0 Å². The molecule has 18 heavy (non-hydrogen) atoms. The Morgan fingerprint density at radius 3 is 2.44 bits per heavy atom. The number of rotatable bonds is 5. The minimum atomic E-state index is -0.951. The second-order valence-electron chi connectivity index (χ2n) is 4.54. The van der Waals surface area contributed by atoms with Crippen LogP contribution in [0.25, 0.3) is 0 Å². The summed E-state index contributed by atoms with van der Waals surface area (Å²) >= 11 is 3.00. The van der Waals surface area contributed by atoms with Gasteiger partial charge >= 0.3 is 0 Å². The lowest BCUT2D eigenvalue weighted by molar-refractivity contribution is -0.0374. The van der Waals surface area contributed by atoms with E-state index in [0.29, 0.717) is 0 Å². The van der Waals surface area contributed by atoms with Gasteiger partial charge in [0, 0.05) is 19.1 Å². The summed E-state index contributed by atoms with van der Waals surface area (Å²) in [5.41, 5.74) is -0.125. The molecule has 2 nitrogen and oxygen atoms in total. The van der Waals surface area contributed by atoms with Crippen LogP contribution < -0.4 is 0 Å². The molecule has 0 saturated carbocycles. The number of aliphatic hydroxyl groups is 1. The van der Waals surface area contributed by atoms with Crippen molar-refractivity contribution < 1.29 is 18.6 Å². The molecule has 1 aromatic carbocycles. The molecular formula is C13H17BrF2O2. The number of aliphatic hydroxyl groups excluding tert-OH is 1. The molecule has 0 aliphatic heterocycles. The Balaban J connectivity index is 2.94.